The number of halogens is 2. The topological polar surface area (TPSA) is 42.4 Å². The Morgan fingerprint density at radius 2 is 1.94 bits per heavy atom. The van der Waals surface area contributed by atoms with Gasteiger partial charge < -0.3 is 9.84 Å². The minimum absolute atomic E-state index is 0.138. The summed E-state index contributed by atoms with van der Waals surface area (Å²) >= 11 is 12.7. The molecule has 0 amide bonds. The molecule has 1 aromatic carbocycles. The summed E-state index contributed by atoms with van der Waals surface area (Å²) in [5, 5.41) is 10.3. The monoisotopic (exact) mass is 275 g/mol. The van der Waals surface area contributed by atoms with Crippen molar-refractivity contribution in [3.63, 3.8) is 0 Å². The molecular formula is C10H7Cl2NO2S. The summed E-state index contributed by atoms with van der Waals surface area (Å²) in [6, 6.07) is 6.91. The largest absolute Gasteiger partial charge is 0.431 e. The van der Waals surface area contributed by atoms with Gasteiger partial charge in [0.1, 0.15) is 10.9 Å². The molecule has 0 radical (unpaired) electrons. The highest BCUT2D eigenvalue weighted by Crippen LogP contribution is 2.32. The van der Waals surface area contributed by atoms with Gasteiger partial charge in [0, 0.05) is 5.02 Å². The minimum atomic E-state index is -0.138. The molecule has 16 heavy (non-hydrogen) atoms. The molecule has 6 heteroatoms. The average Bonchev–Trinajstić information content (AvgIpc) is 2.62. The molecule has 0 bridgehead atoms. The number of aliphatic hydroxyl groups excluding tert-OH is 1. The van der Waals surface area contributed by atoms with Gasteiger partial charge in [-0.25, -0.2) is 0 Å². The first-order chi connectivity index (χ1) is 7.69. The molecule has 0 atom stereocenters. The lowest BCUT2D eigenvalue weighted by molar-refractivity contribution is 0.285. The highest BCUT2D eigenvalue weighted by molar-refractivity contribution is 7.13. The van der Waals surface area contributed by atoms with Crippen LogP contribution in [0.2, 0.25) is 10.2 Å². The number of hydrogen-bond acceptors (Lipinski definition) is 4. The Balaban J connectivity index is 2.17. The van der Waals surface area contributed by atoms with Gasteiger partial charge in [0.15, 0.2) is 0 Å². The van der Waals surface area contributed by atoms with Gasteiger partial charge in [-0.15, -0.1) is 0 Å². The Morgan fingerprint density at radius 1 is 1.25 bits per heavy atom. The van der Waals surface area contributed by atoms with Gasteiger partial charge in [0.25, 0.3) is 5.19 Å². The SMILES string of the molecule is OCc1sc(Oc2ccc(Cl)cc2)nc1Cl. The molecule has 2 rings (SSSR count). The smallest absolute Gasteiger partial charge is 0.280 e. The van der Waals surface area contributed by atoms with Crippen LogP contribution >= 0.6 is 34.5 Å². The van der Waals surface area contributed by atoms with Crippen molar-refractivity contribution >= 4 is 34.5 Å². The lowest BCUT2D eigenvalue weighted by atomic mass is 10.3. The first-order valence-corrected chi connectivity index (χ1v) is 5.96. The van der Waals surface area contributed by atoms with E-state index in [1.807, 2.05) is 0 Å². The van der Waals surface area contributed by atoms with Gasteiger partial charge in [-0.1, -0.05) is 34.5 Å². The van der Waals surface area contributed by atoms with Crippen LogP contribution in [0, 0.1) is 0 Å². The quantitative estimate of drug-likeness (QED) is 0.928. The number of rotatable bonds is 3. The lowest BCUT2D eigenvalue weighted by Gasteiger charge is -2.00. The summed E-state index contributed by atoms with van der Waals surface area (Å²) in [6.45, 7) is -0.138. The maximum Gasteiger partial charge on any atom is 0.280 e. The van der Waals surface area contributed by atoms with Crippen molar-refractivity contribution in [1.82, 2.24) is 4.98 Å². The van der Waals surface area contributed by atoms with Gasteiger partial charge in [-0.05, 0) is 24.3 Å². The number of thiazole rings is 1. The van der Waals surface area contributed by atoms with E-state index in [9.17, 15) is 0 Å². The van der Waals surface area contributed by atoms with E-state index in [1.165, 1.54) is 11.3 Å². The molecule has 84 valence electrons. The zero-order chi connectivity index (χ0) is 11.5. The van der Waals surface area contributed by atoms with Crippen LogP contribution in [0.1, 0.15) is 4.88 Å². The maximum atomic E-state index is 8.95. The van der Waals surface area contributed by atoms with Gasteiger partial charge in [0.2, 0.25) is 0 Å². The average molecular weight is 276 g/mol. The molecule has 0 saturated heterocycles. The van der Waals surface area contributed by atoms with Crippen LogP contribution in [0.3, 0.4) is 0 Å². The summed E-state index contributed by atoms with van der Waals surface area (Å²) in [4.78, 5) is 4.56. The van der Waals surface area contributed by atoms with Crippen molar-refractivity contribution in [1.29, 1.82) is 0 Å². The van der Waals surface area contributed by atoms with Crippen LogP contribution in [0.4, 0.5) is 0 Å². The van der Waals surface area contributed by atoms with E-state index >= 15 is 0 Å². The third-order valence-electron chi connectivity index (χ3n) is 1.79. The summed E-state index contributed by atoms with van der Waals surface area (Å²) in [5.74, 6) is 0.624. The number of hydrogen-bond donors (Lipinski definition) is 1. The summed E-state index contributed by atoms with van der Waals surface area (Å²) < 4.78 is 5.45. The number of aromatic nitrogens is 1. The highest BCUT2D eigenvalue weighted by Gasteiger charge is 2.09. The van der Waals surface area contributed by atoms with E-state index in [4.69, 9.17) is 33.0 Å². The molecule has 0 aliphatic rings. The first kappa shape index (κ1) is 11.7. The molecule has 0 unspecified atom stereocenters. The van der Waals surface area contributed by atoms with E-state index < -0.39 is 0 Å². The van der Waals surface area contributed by atoms with Crippen LogP contribution in [-0.4, -0.2) is 10.1 Å². The number of ether oxygens (including phenoxy) is 1. The molecule has 2 aromatic rings. The molecule has 1 heterocycles. The van der Waals surface area contributed by atoms with E-state index in [1.54, 1.807) is 24.3 Å². The van der Waals surface area contributed by atoms with Crippen LogP contribution < -0.4 is 4.74 Å². The first-order valence-electron chi connectivity index (χ1n) is 4.38. The number of nitrogens with zero attached hydrogens (tertiary/aromatic N) is 1. The van der Waals surface area contributed by atoms with Crippen molar-refractivity contribution in [2.75, 3.05) is 0 Å². The van der Waals surface area contributed by atoms with Crippen molar-refractivity contribution in [2.45, 2.75) is 6.61 Å². The Hall–Kier alpha value is -0.810. The van der Waals surface area contributed by atoms with E-state index in [2.05, 4.69) is 4.98 Å². The third-order valence-corrected chi connectivity index (χ3v) is 3.39. The second kappa shape index (κ2) is 5.01. The Kier molecular flexibility index (Phi) is 3.66. The van der Waals surface area contributed by atoms with Gasteiger partial charge in [-0.3, -0.25) is 0 Å². The number of aliphatic hydroxyl groups is 1. The summed E-state index contributed by atoms with van der Waals surface area (Å²) in [6.07, 6.45) is 0. The zero-order valence-electron chi connectivity index (χ0n) is 7.98. The van der Waals surface area contributed by atoms with Crippen LogP contribution in [0.5, 0.6) is 10.9 Å². The fraction of sp³-hybridized carbons (Fsp3) is 0.100. The fourth-order valence-electron chi connectivity index (χ4n) is 1.06. The summed E-state index contributed by atoms with van der Waals surface area (Å²) in [5.41, 5.74) is 0. The summed E-state index contributed by atoms with van der Waals surface area (Å²) in [7, 11) is 0. The fourth-order valence-corrected chi connectivity index (χ4v) is 2.17. The standard InChI is InChI=1S/C10H7Cl2NO2S/c11-6-1-3-7(4-2-6)15-10-13-9(12)8(5-14)16-10/h1-4,14H,5H2. The predicted molar refractivity (Wildman–Crippen MR) is 64.6 cm³/mol. The molecular weight excluding hydrogens is 269 g/mol. The molecule has 1 N–H and O–H groups in total. The van der Waals surface area contributed by atoms with E-state index in [-0.39, 0.29) is 11.8 Å². The minimum Gasteiger partial charge on any atom is -0.431 e. The predicted octanol–water partition coefficient (Wildman–Crippen LogP) is 3.73. The van der Waals surface area contributed by atoms with Crippen LogP contribution in [0.15, 0.2) is 24.3 Å². The second-order valence-electron chi connectivity index (χ2n) is 2.91. The molecule has 0 spiro atoms. The van der Waals surface area contributed by atoms with E-state index in [0.29, 0.717) is 20.8 Å². The second-order valence-corrected chi connectivity index (χ2v) is 4.75. The van der Waals surface area contributed by atoms with Crippen molar-refractivity contribution < 1.29 is 9.84 Å². The molecule has 0 saturated carbocycles. The molecule has 0 fully saturated rings. The highest BCUT2D eigenvalue weighted by atomic mass is 35.5. The van der Waals surface area contributed by atoms with Crippen LogP contribution in [0.25, 0.3) is 0 Å². The van der Waals surface area contributed by atoms with Crippen molar-refractivity contribution in [2.24, 2.45) is 0 Å². The van der Waals surface area contributed by atoms with Crippen LogP contribution in [-0.2, 0) is 6.61 Å². The van der Waals surface area contributed by atoms with Gasteiger partial charge >= 0.3 is 0 Å². The van der Waals surface area contributed by atoms with Crippen molar-refractivity contribution in [3.8, 4) is 10.9 Å². The zero-order valence-corrected chi connectivity index (χ0v) is 10.3. The normalized spacial score (nSPS) is 10.4. The van der Waals surface area contributed by atoms with E-state index in [0.717, 1.165) is 0 Å². The lowest BCUT2D eigenvalue weighted by Crippen LogP contribution is -1.81. The Morgan fingerprint density at radius 3 is 2.50 bits per heavy atom. The molecule has 3 nitrogen and oxygen atoms in total. The van der Waals surface area contributed by atoms with Crippen molar-refractivity contribution in [3.05, 3.63) is 39.3 Å². The Labute approximate surface area is 106 Å². The maximum absolute atomic E-state index is 8.95. The number of benzene rings is 1. The Bertz CT molecular complexity index is 484. The van der Waals surface area contributed by atoms with Gasteiger partial charge in [0.05, 0.1) is 11.5 Å². The molecule has 1 aromatic heterocycles. The molecule has 0 aliphatic heterocycles. The third kappa shape index (κ3) is 2.65. The van der Waals surface area contributed by atoms with Gasteiger partial charge in [-0.2, -0.15) is 4.98 Å². The molecule has 0 aliphatic carbocycles.